The molecule has 0 saturated carbocycles. The molecule has 4 heterocycles. The number of nitrogens with zero attached hydrogens (tertiary/aromatic N) is 4. The Balaban J connectivity index is 1.04. The van der Waals surface area contributed by atoms with Crippen LogP contribution in [0.15, 0.2) is 206 Å². The second-order valence-corrected chi connectivity index (χ2v) is 14.8. The van der Waals surface area contributed by atoms with Gasteiger partial charge in [-0.25, -0.2) is 0 Å². The van der Waals surface area contributed by atoms with Crippen molar-refractivity contribution in [3.8, 4) is 39.3 Å². The van der Waals surface area contributed by atoms with Gasteiger partial charge in [-0.2, -0.15) is 0 Å². The number of fused-ring (bicyclic) bond motifs is 9. The van der Waals surface area contributed by atoms with Crippen LogP contribution < -0.4 is 0 Å². The molecule has 0 spiro atoms. The summed E-state index contributed by atoms with van der Waals surface area (Å²) in [6.07, 6.45) is 1.89. The molecule has 0 amide bonds. The minimum absolute atomic E-state index is 1.01. The Labute approximate surface area is 328 Å². The minimum Gasteiger partial charge on any atom is -0.309 e. The van der Waals surface area contributed by atoms with E-state index in [2.05, 4.69) is 208 Å². The zero-order chi connectivity index (χ0) is 37.5. The van der Waals surface area contributed by atoms with E-state index in [9.17, 15) is 0 Å². The number of hydrogen-bond acceptors (Lipinski definition) is 1. The molecule has 0 aliphatic rings. The molecule has 12 rings (SSSR count). The van der Waals surface area contributed by atoms with Gasteiger partial charge in [0.1, 0.15) is 0 Å². The van der Waals surface area contributed by atoms with Gasteiger partial charge >= 0.3 is 0 Å². The van der Waals surface area contributed by atoms with Crippen LogP contribution in [-0.4, -0.2) is 18.7 Å². The molecule has 4 aromatic heterocycles. The van der Waals surface area contributed by atoms with E-state index >= 15 is 0 Å². The maximum atomic E-state index is 4.83. The van der Waals surface area contributed by atoms with E-state index in [-0.39, 0.29) is 0 Å². The fraction of sp³-hybridized carbons (Fsp3) is 0. The first-order valence-corrected chi connectivity index (χ1v) is 19.5. The highest BCUT2D eigenvalue weighted by Crippen LogP contribution is 2.40. The topological polar surface area (TPSA) is 27.7 Å². The molecule has 0 aliphatic heterocycles. The molecule has 8 aromatic carbocycles. The Morgan fingerprint density at radius 1 is 0.298 bits per heavy atom. The highest BCUT2D eigenvalue weighted by molar-refractivity contribution is 6.11. The predicted octanol–water partition coefficient (Wildman–Crippen LogP) is 13.7. The second-order valence-electron chi connectivity index (χ2n) is 14.8. The Bertz CT molecular complexity index is 3360. The first-order chi connectivity index (χ1) is 28.3. The van der Waals surface area contributed by atoms with Crippen molar-refractivity contribution in [2.45, 2.75) is 0 Å². The van der Waals surface area contributed by atoms with E-state index in [0.29, 0.717) is 0 Å². The van der Waals surface area contributed by atoms with Crippen molar-refractivity contribution in [1.29, 1.82) is 0 Å². The molecular weight excluding hydrogens is 693 g/mol. The summed E-state index contributed by atoms with van der Waals surface area (Å²) in [5, 5.41) is 6.16. The second kappa shape index (κ2) is 12.4. The van der Waals surface area contributed by atoms with Crippen molar-refractivity contribution in [3.05, 3.63) is 206 Å². The van der Waals surface area contributed by atoms with Gasteiger partial charge in [0.15, 0.2) is 0 Å². The summed E-state index contributed by atoms with van der Waals surface area (Å²) in [4.78, 5) is 4.83. The molecule has 4 heteroatoms. The Morgan fingerprint density at radius 2 is 0.772 bits per heavy atom. The van der Waals surface area contributed by atoms with Gasteiger partial charge in [-0.3, -0.25) is 4.98 Å². The van der Waals surface area contributed by atoms with Crippen molar-refractivity contribution >= 4 is 65.5 Å². The third-order valence-electron chi connectivity index (χ3n) is 11.7. The maximum absolute atomic E-state index is 4.83. The molecule has 0 unspecified atom stereocenters. The first kappa shape index (κ1) is 31.6. The summed E-state index contributed by atoms with van der Waals surface area (Å²) in [6.45, 7) is 0. The van der Waals surface area contributed by atoms with Gasteiger partial charge in [0.25, 0.3) is 0 Å². The number of hydrogen-bond donors (Lipinski definition) is 0. The monoisotopic (exact) mass is 726 g/mol. The van der Waals surface area contributed by atoms with Crippen LogP contribution in [0.3, 0.4) is 0 Å². The van der Waals surface area contributed by atoms with E-state index in [1.165, 1.54) is 54.7 Å². The summed E-state index contributed by atoms with van der Waals surface area (Å²) in [7, 11) is 0. The van der Waals surface area contributed by atoms with Crippen molar-refractivity contribution in [2.24, 2.45) is 0 Å². The molecule has 0 radical (unpaired) electrons. The van der Waals surface area contributed by atoms with Gasteiger partial charge in [-0.1, -0.05) is 127 Å². The van der Waals surface area contributed by atoms with Crippen LogP contribution in [0.2, 0.25) is 0 Å². The number of para-hydroxylation sites is 5. The van der Waals surface area contributed by atoms with E-state index in [1.54, 1.807) is 0 Å². The summed E-state index contributed by atoms with van der Waals surface area (Å²) >= 11 is 0. The van der Waals surface area contributed by atoms with Crippen molar-refractivity contribution in [1.82, 2.24) is 18.7 Å². The average Bonchev–Trinajstić information content (AvgIpc) is 3.92. The smallest absolute Gasteiger partial charge is 0.0963 e. The van der Waals surface area contributed by atoms with Crippen molar-refractivity contribution in [2.75, 3.05) is 0 Å². The van der Waals surface area contributed by atoms with E-state index in [1.807, 2.05) is 12.3 Å². The molecule has 0 saturated heterocycles. The van der Waals surface area contributed by atoms with E-state index in [0.717, 1.165) is 50.1 Å². The van der Waals surface area contributed by atoms with Crippen LogP contribution in [0.5, 0.6) is 0 Å². The zero-order valence-electron chi connectivity index (χ0n) is 30.9. The van der Waals surface area contributed by atoms with Crippen LogP contribution in [0, 0.1) is 0 Å². The quantitative estimate of drug-likeness (QED) is 0.174. The maximum Gasteiger partial charge on any atom is 0.0963 e. The Morgan fingerprint density at radius 3 is 1.39 bits per heavy atom. The molecule has 12 aromatic rings. The standard InChI is InChI=1S/C53H34N4/c1-6-20-46-41(15-1)42-16-2-7-21-47(42)55(46)38-28-26-35(27-29-38)36-13-11-14-37(33-36)40-31-30-39(56-50-24-10-5-19-45(50)53-51(56)25-12-32-54-53)34-52(40)57-48-22-8-3-17-43(48)44-18-4-9-23-49(44)57/h1-34H. The van der Waals surface area contributed by atoms with Crippen LogP contribution in [0.25, 0.3) is 105 Å². The summed E-state index contributed by atoms with van der Waals surface area (Å²) in [5.41, 5.74) is 16.0. The summed E-state index contributed by atoms with van der Waals surface area (Å²) in [6, 6.07) is 72.6. The lowest BCUT2D eigenvalue weighted by Crippen LogP contribution is -2.01. The molecule has 0 aliphatic carbocycles. The molecule has 0 bridgehead atoms. The average molecular weight is 727 g/mol. The van der Waals surface area contributed by atoms with Crippen LogP contribution in [0.1, 0.15) is 0 Å². The molecule has 4 nitrogen and oxygen atoms in total. The molecule has 0 fully saturated rings. The van der Waals surface area contributed by atoms with Gasteiger partial charge in [0.2, 0.25) is 0 Å². The highest BCUT2D eigenvalue weighted by Gasteiger charge is 2.19. The van der Waals surface area contributed by atoms with Crippen LogP contribution in [0.4, 0.5) is 0 Å². The van der Waals surface area contributed by atoms with E-state index in [4.69, 9.17) is 4.98 Å². The van der Waals surface area contributed by atoms with Crippen molar-refractivity contribution < 1.29 is 0 Å². The first-order valence-electron chi connectivity index (χ1n) is 19.5. The number of benzene rings is 8. The lowest BCUT2D eigenvalue weighted by Gasteiger charge is -2.18. The van der Waals surface area contributed by atoms with E-state index < -0.39 is 0 Å². The Hall–Kier alpha value is -7.69. The van der Waals surface area contributed by atoms with Gasteiger partial charge in [-0.05, 0) is 89.5 Å². The number of aromatic nitrogens is 4. The normalized spacial score (nSPS) is 11.9. The number of pyridine rings is 1. The lowest BCUT2D eigenvalue weighted by atomic mass is 9.97. The Kier molecular flexibility index (Phi) is 6.89. The largest absolute Gasteiger partial charge is 0.309 e. The highest BCUT2D eigenvalue weighted by atomic mass is 15.0. The van der Waals surface area contributed by atoms with Crippen LogP contribution >= 0.6 is 0 Å². The molecule has 0 atom stereocenters. The zero-order valence-corrected chi connectivity index (χ0v) is 30.9. The van der Waals surface area contributed by atoms with Gasteiger partial charge in [0.05, 0.1) is 44.3 Å². The fourth-order valence-electron chi connectivity index (χ4n) is 9.20. The molecule has 0 N–H and O–H groups in total. The third-order valence-corrected chi connectivity index (χ3v) is 11.7. The van der Waals surface area contributed by atoms with Gasteiger partial charge < -0.3 is 13.7 Å². The summed E-state index contributed by atoms with van der Waals surface area (Å²) in [5.74, 6) is 0. The lowest BCUT2D eigenvalue weighted by molar-refractivity contribution is 1.13. The fourth-order valence-corrected chi connectivity index (χ4v) is 9.20. The third kappa shape index (κ3) is 4.77. The van der Waals surface area contributed by atoms with Gasteiger partial charge in [-0.15, -0.1) is 0 Å². The molecule has 266 valence electrons. The van der Waals surface area contributed by atoms with Gasteiger partial charge in [0, 0.05) is 50.1 Å². The number of rotatable bonds is 5. The SMILES string of the molecule is c1cc(-c2ccc(-n3c4ccccc4c4ccccc43)cc2)cc(-c2ccc(-n3c4ccccc4c4ncccc43)cc2-n2c3ccccc3c3ccccc32)c1. The molecular formula is C53H34N4. The minimum atomic E-state index is 1.01. The predicted molar refractivity (Wildman–Crippen MR) is 238 cm³/mol. The van der Waals surface area contributed by atoms with Crippen molar-refractivity contribution in [3.63, 3.8) is 0 Å². The van der Waals surface area contributed by atoms with Crippen LogP contribution in [-0.2, 0) is 0 Å². The summed E-state index contributed by atoms with van der Waals surface area (Å²) < 4.78 is 7.18. The molecule has 57 heavy (non-hydrogen) atoms.